The summed E-state index contributed by atoms with van der Waals surface area (Å²) in [6, 6.07) is 0. The highest BCUT2D eigenvalue weighted by Gasteiger charge is 1.92. The van der Waals surface area contributed by atoms with E-state index in [9.17, 15) is 4.79 Å². The third-order valence-corrected chi connectivity index (χ3v) is 1.69. The predicted molar refractivity (Wildman–Crippen MR) is 47.3 cm³/mol. The largest absolute Gasteiger partial charge is 0.481 e. The van der Waals surface area contributed by atoms with Crippen molar-refractivity contribution in [3.63, 3.8) is 0 Å². The minimum absolute atomic E-state index is 0.0797. The lowest BCUT2D eigenvalue weighted by molar-refractivity contribution is -0.136. The first kappa shape index (κ1) is 10.5. The highest BCUT2D eigenvalue weighted by atomic mass is 32.2. The monoisotopic (exact) mass is 175 g/mol. The lowest BCUT2D eigenvalue weighted by Gasteiger charge is -1.96. The Labute approximate surface area is 70.7 Å². The third kappa shape index (κ3) is 9.52. The summed E-state index contributed by atoms with van der Waals surface area (Å²) in [5.41, 5.74) is 5.43. The first-order valence-electron chi connectivity index (χ1n) is 3.40. The number of nitrogens with two attached hydrogens (primary N) is 1. The molecule has 0 bridgehead atoms. The first-order valence-corrected chi connectivity index (χ1v) is 4.35. The molecule has 0 saturated heterocycles. The topological polar surface area (TPSA) is 63.3 Å². The van der Waals surface area contributed by atoms with Crippen LogP contribution in [0.4, 0.5) is 0 Å². The molecule has 0 aromatic rings. The number of thioether (sulfide) groups is 1. The zero-order chi connectivity index (χ0) is 8.69. The molecule has 0 heterocycles. The highest BCUT2D eigenvalue weighted by molar-refractivity contribution is 8.02. The molecule has 0 fully saturated rings. The number of carboxylic acids is 1. The van der Waals surface area contributed by atoms with E-state index in [-0.39, 0.29) is 11.8 Å². The SMILES string of the molecule is CC(N)S/C=C\CCC(=O)O. The van der Waals surface area contributed by atoms with Gasteiger partial charge in [0.25, 0.3) is 0 Å². The van der Waals surface area contributed by atoms with Gasteiger partial charge in [0.05, 0.1) is 5.37 Å². The zero-order valence-corrected chi connectivity index (χ0v) is 7.30. The van der Waals surface area contributed by atoms with Crippen molar-refractivity contribution in [1.29, 1.82) is 0 Å². The number of rotatable bonds is 5. The van der Waals surface area contributed by atoms with Gasteiger partial charge in [0, 0.05) is 6.42 Å². The number of hydrogen-bond acceptors (Lipinski definition) is 3. The maximum atomic E-state index is 10.0. The minimum Gasteiger partial charge on any atom is -0.481 e. The molecule has 0 rings (SSSR count). The van der Waals surface area contributed by atoms with E-state index in [0.29, 0.717) is 6.42 Å². The smallest absolute Gasteiger partial charge is 0.303 e. The van der Waals surface area contributed by atoms with Crippen LogP contribution in [0.25, 0.3) is 0 Å². The van der Waals surface area contributed by atoms with Crippen molar-refractivity contribution in [2.45, 2.75) is 25.1 Å². The van der Waals surface area contributed by atoms with E-state index in [1.54, 1.807) is 0 Å². The van der Waals surface area contributed by atoms with Gasteiger partial charge in [-0.25, -0.2) is 0 Å². The maximum Gasteiger partial charge on any atom is 0.303 e. The molecule has 0 radical (unpaired) electrons. The molecule has 0 spiro atoms. The average Bonchev–Trinajstić information content (AvgIpc) is 1.85. The summed E-state index contributed by atoms with van der Waals surface area (Å²) in [5, 5.41) is 10.2. The van der Waals surface area contributed by atoms with Crippen molar-refractivity contribution < 1.29 is 9.90 Å². The fourth-order valence-electron chi connectivity index (χ4n) is 0.454. The number of aliphatic carboxylic acids is 1. The van der Waals surface area contributed by atoms with Crippen molar-refractivity contribution >= 4 is 17.7 Å². The van der Waals surface area contributed by atoms with E-state index in [0.717, 1.165) is 0 Å². The van der Waals surface area contributed by atoms with Crippen LogP contribution in [0.1, 0.15) is 19.8 Å². The summed E-state index contributed by atoms with van der Waals surface area (Å²) in [4.78, 5) is 10.0. The van der Waals surface area contributed by atoms with Crippen LogP contribution in [0.5, 0.6) is 0 Å². The summed E-state index contributed by atoms with van der Waals surface area (Å²) in [6.45, 7) is 1.88. The summed E-state index contributed by atoms with van der Waals surface area (Å²) in [6.07, 6.45) is 2.59. The minimum atomic E-state index is -0.763. The van der Waals surface area contributed by atoms with Crippen LogP contribution in [0, 0.1) is 0 Å². The molecule has 0 aromatic carbocycles. The van der Waals surface area contributed by atoms with Gasteiger partial charge in [0.15, 0.2) is 0 Å². The molecular formula is C7H13NO2S. The van der Waals surface area contributed by atoms with Gasteiger partial charge in [-0.15, -0.1) is 11.8 Å². The molecule has 3 nitrogen and oxygen atoms in total. The van der Waals surface area contributed by atoms with Crippen LogP contribution in [0.2, 0.25) is 0 Å². The molecule has 11 heavy (non-hydrogen) atoms. The van der Waals surface area contributed by atoms with E-state index in [1.165, 1.54) is 11.8 Å². The molecule has 0 aromatic heterocycles. The standard InChI is InChI=1S/C7H13NO2S/c1-6(8)11-5-3-2-4-7(9)10/h3,5-6H,2,4,8H2,1H3,(H,9,10)/b5-3-. The predicted octanol–water partition coefficient (Wildman–Crippen LogP) is 1.40. The van der Waals surface area contributed by atoms with Gasteiger partial charge in [0.2, 0.25) is 0 Å². The number of allylic oxidation sites excluding steroid dienone is 1. The fourth-order valence-corrected chi connectivity index (χ4v) is 0.949. The normalized spacial score (nSPS) is 13.6. The van der Waals surface area contributed by atoms with Crippen molar-refractivity contribution in [1.82, 2.24) is 0 Å². The zero-order valence-electron chi connectivity index (χ0n) is 6.49. The van der Waals surface area contributed by atoms with Crippen molar-refractivity contribution in [3.8, 4) is 0 Å². The van der Waals surface area contributed by atoms with Crippen LogP contribution in [0.15, 0.2) is 11.5 Å². The number of carbonyl (C=O) groups is 1. The Morgan fingerprint density at radius 1 is 1.82 bits per heavy atom. The van der Waals surface area contributed by atoms with Gasteiger partial charge >= 0.3 is 5.97 Å². The van der Waals surface area contributed by atoms with Gasteiger partial charge in [-0.05, 0) is 18.8 Å². The van der Waals surface area contributed by atoms with Crippen LogP contribution in [-0.2, 0) is 4.79 Å². The Hall–Kier alpha value is -0.480. The third-order valence-electron chi connectivity index (χ3n) is 0.914. The van der Waals surface area contributed by atoms with Gasteiger partial charge in [-0.3, -0.25) is 4.79 Å². The molecule has 3 N–H and O–H groups in total. The first-order chi connectivity index (χ1) is 5.13. The molecule has 0 aliphatic carbocycles. The fraction of sp³-hybridized carbons (Fsp3) is 0.571. The lowest BCUT2D eigenvalue weighted by atomic mass is 10.3. The Kier molecular flexibility index (Phi) is 5.97. The molecule has 0 aliphatic heterocycles. The van der Waals surface area contributed by atoms with Crippen LogP contribution in [-0.4, -0.2) is 16.4 Å². The molecule has 0 amide bonds. The lowest BCUT2D eigenvalue weighted by Crippen LogP contribution is -2.07. The summed E-state index contributed by atoms with van der Waals surface area (Å²) in [7, 11) is 0. The molecule has 4 heteroatoms. The van der Waals surface area contributed by atoms with Crippen LogP contribution in [0.3, 0.4) is 0 Å². The molecule has 1 atom stereocenters. The summed E-state index contributed by atoms with van der Waals surface area (Å²) >= 11 is 1.49. The number of carboxylic acid groups (broad SMARTS) is 1. The van der Waals surface area contributed by atoms with E-state index >= 15 is 0 Å². The molecule has 64 valence electrons. The molecule has 1 unspecified atom stereocenters. The van der Waals surface area contributed by atoms with Gasteiger partial charge < -0.3 is 10.8 Å². The molecular weight excluding hydrogens is 162 g/mol. The Morgan fingerprint density at radius 3 is 2.91 bits per heavy atom. The van der Waals surface area contributed by atoms with E-state index in [4.69, 9.17) is 10.8 Å². The van der Waals surface area contributed by atoms with Gasteiger partial charge in [-0.2, -0.15) is 0 Å². The maximum absolute atomic E-state index is 10.0. The van der Waals surface area contributed by atoms with Crippen molar-refractivity contribution in [2.75, 3.05) is 0 Å². The summed E-state index contributed by atoms with van der Waals surface area (Å²) in [5.74, 6) is -0.763. The van der Waals surface area contributed by atoms with Crippen molar-refractivity contribution in [2.24, 2.45) is 5.73 Å². The van der Waals surface area contributed by atoms with E-state index in [1.807, 2.05) is 18.4 Å². The molecule has 0 aliphatic rings. The second-order valence-corrected chi connectivity index (χ2v) is 3.43. The Balaban J connectivity index is 3.23. The van der Waals surface area contributed by atoms with Crippen LogP contribution < -0.4 is 5.73 Å². The second kappa shape index (κ2) is 6.24. The van der Waals surface area contributed by atoms with Crippen molar-refractivity contribution in [3.05, 3.63) is 11.5 Å². The van der Waals surface area contributed by atoms with Gasteiger partial charge in [0.1, 0.15) is 0 Å². The summed E-state index contributed by atoms with van der Waals surface area (Å²) < 4.78 is 0. The van der Waals surface area contributed by atoms with E-state index < -0.39 is 5.97 Å². The quantitative estimate of drug-likeness (QED) is 0.620. The second-order valence-electron chi connectivity index (χ2n) is 2.15. The van der Waals surface area contributed by atoms with Crippen LogP contribution >= 0.6 is 11.8 Å². The number of hydrogen-bond donors (Lipinski definition) is 2. The average molecular weight is 175 g/mol. The highest BCUT2D eigenvalue weighted by Crippen LogP contribution is 2.06. The Bertz CT molecular complexity index is 145. The Morgan fingerprint density at radius 2 is 2.45 bits per heavy atom. The van der Waals surface area contributed by atoms with E-state index in [2.05, 4.69) is 0 Å². The van der Waals surface area contributed by atoms with Gasteiger partial charge in [-0.1, -0.05) is 6.08 Å². The molecule has 0 saturated carbocycles.